The van der Waals surface area contributed by atoms with Gasteiger partial charge in [-0.1, -0.05) is 24.3 Å². The van der Waals surface area contributed by atoms with Crippen molar-refractivity contribution >= 4 is 29.4 Å². The Bertz CT molecular complexity index is 1040. The van der Waals surface area contributed by atoms with E-state index in [1.165, 1.54) is 4.90 Å². The predicted molar refractivity (Wildman–Crippen MR) is 117 cm³/mol. The number of anilines is 1. The van der Waals surface area contributed by atoms with Crippen LogP contribution in [0.2, 0.25) is 0 Å². The molecule has 3 amide bonds. The number of carbonyl (C=O) groups excluding carboxylic acids is 3. The fourth-order valence-corrected chi connectivity index (χ4v) is 4.24. The fraction of sp³-hybridized carbons (Fsp3) is 0.333. The molecule has 8 heteroatoms. The standard InChI is InChI=1S/C24H25N3O5/c1-25(21(28)15-27-22(29)19-7-2-3-8-20(19)23(27)30)14-16-5-4-6-18(13-16)26-11-9-17(10-12-26)24(31)32/h2-8,13,17H,9-12,14-15H2,1H3,(H,31,32). The summed E-state index contributed by atoms with van der Waals surface area (Å²) in [6.07, 6.45) is 1.22. The Labute approximate surface area is 186 Å². The lowest BCUT2D eigenvalue weighted by atomic mass is 9.96. The summed E-state index contributed by atoms with van der Waals surface area (Å²) in [7, 11) is 1.64. The molecule has 2 aromatic carbocycles. The zero-order chi connectivity index (χ0) is 22.8. The summed E-state index contributed by atoms with van der Waals surface area (Å²) in [6, 6.07) is 14.4. The van der Waals surface area contributed by atoms with Crippen molar-refractivity contribution in [2.75, 3.05) is 31.6 Å². The van der Waals surface area contributed by atoms with E-state index < -0.39 is 17.8 Å². The Morgan fingerprint density at radius 1 is 1.00 bits per heavy atom. The van der Waals surface area contributed by atoms with E-state index in [4.69, 9.17) is 0 Å². The minimum absolute atomic E-state index is 0.291. The lowest BCUT2D eigenvalue weighted by Gasteiger charge is -2.32. The highest BCUT2D eigenvalue weighted by molar-refractivity contribution is 6.22. The molecule has 0 bridgehead atoms. The third-order valence-electron chi connectivity index (χ3n) is 6.14. The van der Waals surface area contributed by atoms with Crippen LogP contribution in [0.3, 0.4) is 0 Å². The average Bonchev–Trinajstić information content (AvgIpc) is 3.04. The summed E-state index contributed by atoms with van der Waals surface area (Å²) < 4.78 is 0. The van der Waals surface area contributed by atoms with Crippen LogP contribution < -0.4 is 4.90 Å². The van der Waals surface area contributed by atoms with Gasteiger partial charge >= 0.3 is 5.97 Å². The second-order valence-corrected chi connectivity index (χ2v) is 8.26. The molecule has 2 heterocycles. The van der Waals surface area contributed by atoms with Crippen LogP contribution in [0.4, 0.5) is 5.69 Å². The quantitative estimate of drug-likeness (QED) is 0.699. The third kappa shape index (κ3) is 4.21. The number of aliphatic carboxylic acids is 1. The monoisotopic (exact) mass is 435 g/mol. The van der Waals surface area contributed by atoms with Crippen molar-refractivity contribution in [3.63, 3.8) is 0 Å². The minimum atomic E-state index is -0.739. The van der Waals surface area contributed by atoms with Gasteiger partial charge in [0.05, 0.1) is 17.0 Å². The van der Waals surface area contributed by atoms with Crippen LogP contribution in [0.25, 0.3) is 0 Å². The van der Waals surface area contributed by atoms with E-state index in [-0.39, 0.29) is 18.4 Å². The number of fused-ring (bicyclic) bond motifs is 1. The summed E-state index contributed by atoms with van der Waals surface area (Å²) in [5.41, 5.74) is 2.56. The third-order valence-corrected chi connectivity index (χ3v) is 6.14. The topological polar surface area (TPSA) is 98.2 Å². The number of rotatable bonds is 6. The largest absolute Gasteiger partial charge is 0.481 e. The molecule has 0 unspecified atom stereocenters. The maximum absolute atomic E-state index is 12.7. The summed E-state index contributed by atoms with van der Waals surface area (Å²) in [6.45, 7) is 1.39. The number of carboxylic acids is 1. The number of nitrogens with zero attached hydrogens (tertiary/aromatic N) is 3. The van der Waals surface area contributed by atoms with Crippen LogP contribution >= 0.6 is 0 Å². The molecule has 32 heavy (non-hydrogen) atoms. The molecule has 0 aliphatic carbocycles. The first-order valence-electron chi connectivity index (χ1n) is 10.6. The molecule has 1 saturated heterocycles. The maximum atomic E-state index is 12.7. The lowest BCUT2D eigenvalue weighted by Crippen LogP contribution is -2.41. The van der Waals surface area contributed by atoms with Crippen molar-refractivity contribution in [1.82, 2.24) is 9.80 Å². The van der Waals surface area contributed by atoms with E-state index in [9.17, 15) is 24.3 Å². The molecule has 2 aliphatic rings. The predicted octanol–water partition coefficient (Wildman–Crippen LogP) is 2.24. The first kappa shape index (κ1) is 21.5. The number of piperidine rings is 1. The van der Waals surface area contributed by atoms with Crippen molar-refractivity contribution in [3.8, 4) is 0 Å². The second kappa shape index (κ2) is 8.82. The van der Waals surface area contributed by atoms with Crippen molar-refractivity contribution in [3.05, 3.63) is 65.2 Å². The van der Waals surface area contributed by atoms with E-state index in [0.29, 0.717) is 43.6 Å². The van der Waals surface area contributed by atoms with Crippen molar-refractivity contribution in [2.24, 2.45) is 5.92 Å². The number of carboxylic acid groups (broad SMARTS) is 1. The summed E-state index contributed by atoms with van der Waals surface area (Å²) in [5.74, 6) is -2.25. The van der Waals surface area contributed by atoms with Gasteiger partial charge in [0.1, 0.15) is 6.54 Å². The van der Waals surface area contributed by atoms with Gasteiger partial charge in [-0.2, -0.15) is 0 Å². The number of carbonyl (C=O) groups is 4. The molecular formula is C24H25N3O5. The van der Waals surface area contributed by atoms with Crippen LogP contribution in [0.15, 0.2) is 48.5 Å². The van der Waals surface area contributed by atoms with Gasteiger partial charge in [-0.05, 0) is 42.7 Å². The van der Waals surface area contributed by atoms with Gasteiger partial charge in [-0.15, -0.1) is 0 Å². The van der Waals surface area contributed by atoms with Crippen LogP contribution in [0.1, 0.15) is 39.1 Å². The molecule has 0 aromatic heterocycles. The van der Waals surface area contributed by atoms with E-state index in [0.717, 1.165) is 16.2 Å². The molecule has 0 saturated carbocycles. The summed E-state index contributed by atoms with van der Waals surface area (Å²) in [4.78, 5) is 53.6. The zero-order valence-electron chi connectivity index (χ0n) is 17.9. The molecule has 0 atom stereocenters. The van der Waals surface area contributed by atoms with Gasteiger partial charge in [-0.25, -0.2) is 0 Å². The Balaban J connectivity index is 1.37. The molecule has 4 rings (SSSR count). The smallest absolute Gasteiger partial charge is 0.306 e. The number of amides is 3. The number of hydrogen-bond acceptors (Lipinski definition) is 5. The van der Waals surface area contributed by atoms with Crippen molar-refractivity contribution in [2.45, 2.75) is 19.4 Å². The normalized spacial score (nSPS) is 16.3. The van der Waals surface area contributed by atoms with Gasteiger partial charge in [0.15, 0.2) is 0 Å². The van der Waals surface area contributed by atoms with E-state index in [1.807, 2.05) is 24.3 Å². The van der Waals surface area contributed by atoms with Crippen LogP contribution in [0, 0.1) is 5.92 Å². The number of likely N-dealkylation sites (N-methyl/N-ethyl adjacent to an activating group) is 1. The van der Waals surface area contributed by atoms with Gasteiger partial charge in [-0.3, -0.25) is 24.1 Å². The molecule has 1 fully saturated rings. The van der Waals surface area contributed by atoms with E-state index in [1.54, 1.807) is 31.3 Å². The highest BCUT2D eigenvalue weighted by Gasteiger charge is 2.36. The molecule has 0 spiro atoms. The minimum Gasteiger partial charge on any atom is -0.481 e. The summed E-state index contributed by atoms with van der Waals surface area (Å²) in [5, 5.41) is 9.17. The highest BCUT2D eigenvalue weighted by atomic mass is 16.4. The number of imide groups is 1. The first-order chi connectivity index (χ1) is 15.3. The van der Waals surface area contributed by atoms with Crippen LogP contribution in [0.5, 0.6) is 0 Å². The Morgan fingerprint density at radius 3 is 2.22 bits per heavy atom. The number of benzene rings is 2. The Morgan fingerprint density at radius 2 is 1.62 bits per heavy atom. The van der Waals surface area contributed by atoms with Gasteiger partial charge < -0.3 is 14.9 Å². The first-order valence-corrected chi connectivity index (χ1v) is 10.6. The maximum Gasteiger partial charge on any atom is 0.306 e. The SMILES string of the molecule is CN(Cc1cccc(N2CCC(C(=O)O)CC2)c1)C(=O)CN1C(=O)c2ccccc2C1=O. The molecular weight excluding hydrogens is 410 g/mol. The molecule has 2 aliphatic heterocycles. The Kier molecular flexibility index (Phi) is 5.94. The molecule has 0 radical (unpaired) electrons. The van der Waals surface area contributed by atoms with Gasteiger partial charge in [0.2, 0.25) is 5.91 Å². The number of hydrogen-bond donors (Lipinski definition) is 1. The molecule has 1 N–H and O–H groups in total. The summed E-state index contributed by atoms with van der Waals surface area (Å²) >= 11 is 0. The van der Waals surface area contributed by atoms with Gasteiger partial charge in [0, 0.05) is 32.4 Å². The van der Waals surface area contributed by atoms with Crippen molar-refractivity contribution < 1.29 is 24.3 Å². The van der Waals surface area contributed by atoms with Crippen molar-refractivity contribution in [1.29, 1.82) is 0 Å². The fourth-order valence-electron chi connectivity index (χ4n) is 4.24. The molecule has 2 aromatic rings. The average molecular weight is 435 g/mol. The van der Waals surface area contributed by atoms with E-state index >= 15 is 0 Å². The van der Waals surface area contributed by atoms with E-state index in [2.05, 4.69) is 4.90 Å². The lowest BCUT2D eigenvalue weighted by molar-refractivity contribution is -0.142. The highest BCUT2D eigenvalue weighted by Crippen LogP contribution is 2.25. The van der Waals surface area contributed by atoms with Crippen LogP contribution in [-0.2, 0) is 16.1 Å². The molecule has 166 valence electrons. The zero-order valence-corrected chi connectivity index (χ0v) is 17.9. The van der Waals surface area contributed by atoms with Crippen LogP contribution in [-0.4, -0.2) is 65.3 Å². The Hall–Kier alpha value is -3.68. The molecule has 8 nitrogen and oxygen atoms in total. The second-order valence-electron chi connectivity index (χ2n) is 8.26. The van der Waals surface area contributed by atoms with Gasteiger partial charge in [0.25, 0.3) is 11.8 Å².